The lowest BCUT2D eigenvalue weighted by molar-refractivity contribution is -0.129. The van der Waals surface area contributed by atoms with Crippen molar-refractivity contribution in [1.29, 1.82) is 5.26 Å². The van der Waals surface area contributed by atoms with Crippen LogP contribution in [0.25, 0.3) is 0 Å². The van der Waals surface area contributed by atoms with Gasteiger partial charge >= 0.3 is 0 Å². The first-order chi connectivity index (χ1) is 10.6. The van der Waals surface area contributed by atoms with E-state index in [0.29, 0.717) is 6.54 Å². The molecule has 0 aromatic heterocycles. The molecule has 116 valence electrons. The lowest BCUT2D eigenvalue weighted by atomic mass is 10.1. The second-order valence-corrected chi connectivity index (χ2v) is 5.91. The Morgan fingerprint density at radius 3 is 2.50 bits per heavy atom. The van der Waals surface area contributed by atoms with Gasteiger partial charge in [-0.3, -0.25) is 4.79 Å². The van der Waals surface area contributed by atoms with E-state index >= 15 is 0 Å². The first-order valence-corrected chi connectivity index (χ1v) is 7.82. The SMILES string of the molecule is CC(C)N(Cc1ccccc1)C(=O)/C(C#N)=C\N1CCCC1. The molecule has 4 nitrogen and oxygen atoms in total. The van der Waals surface area contributed by atoms with Crippen LogP contribution in [0.15, 0.2) is 42.1 Å². The van der Waals surface area contributed by atoms with Gasteiger partial charge in [-0.2, -0.15) is 5.26 Å². The zero-order valence-corrected chi connectivity index (χ0v) is 13.3. The molecule has 0 bridgehead atoms. The van der Waals surface area contributed by atoms with Gasteiger partial charge in [-0.05, 0) is 32.3 Å². The number of nitriles is 1. The Morgan fingerprint density at radius 1 is 1.32 bits per heavy atom. The van der Waals surface area contributed by atoms with Gasteiger partial charge in [0.2, 0.25) is 0 Å². The molecule has 1 heterocycles. The quantitative estimate of drug-likeness (QED) is 0.620. The second kappa shape index (κ2) is 7.65. The zero-order valence-electron chi connectivity index (χ0n) is 13.3. The predicted molar refractivity (Wildman–Crippen MR) is 86.6 cm³/mol. The summed E-state index contributed by atoms with van der Waals surface area (Å²) in [6.45, 7) is 6.34. The van der Waals surface area contributed by atoms with Crippen LogP contribution >= 0.6 is 0 Å². The van der Waals surface area contributed by atoms with E-state index in [2.05, 4.69) is 11.0 Å². The smallest absolute Gasteiger partial charge is 0.266 e. The molecular formula is C18H23N3O. The number of carbonyl (C=O) groups is 1. The molecule has 4 heteroatoms. The topological polar surface area (TPSA) is 47.3 Å². The molecule has 1 aromatic rings. The Morgan fingerprint density at radius 2 is 1.95 bits per heavy atom. The predicted octanol–water partition coefficient (Wildman–Crippen LogP) is 2.93. The fourth-order valence-electron chi connectivity index (χ4n) is 2.61. The summed E-state index contributed by atoms with van der Waals surface area (Å²) in [5.41, 5.74) is 1.30. The first kappa shape index (κ1) is 16.1. The summed E-state index contributed by atoms with van der Waals surface area (Å²) in [5.74, 6) is -0.187. The summed E-state index contributed by atoms with van der Waals surface area (Å²) in [4.78, 5) is 16.5. The third kappa shape index (κ3) is 4.11. The monoisotopic (exact) mass is 297 g/mol. The summed E-state index contributed by atoms with van der Waals surface area (Å²) >= 11 is 0. The van der Waals surface area contributed by atoms with E-state index in [1.807, 2.05) is 44.2 Å². The normalized spacial score (nSPS) is 15.0. The number of amides is 1. The van der Waals surface area contributed by atoms with Crippen molar-refractivity contribution in [2.75, 3.05) is 13.1 Å². The number of hydrogen-bond acceptors (Lipinski definition) is 3. The lowest BCUT2D eigenvalue weighted by Gasteiger charge is -2.27. The summed E-state index contributed by atoms with van der Waals surface area (Å²) in [5, 5.41) is 9.36. The van der Waals surface area contributed by atoms with Crippen molar-refractivity contribution in [3.8, 4) is 6.07 Å². The Hall–Kier alpha value is -2.28. The van der Waals surface area contributed by atoms with Crippen LogP contribution in [-0.2, 0) is 11.3 Å². The summed E-state index contributed by atoms with van der Waals surface area (Å²) in [7, 11) is 0. The molecule has 1 amide bonds. The lowest BCUT2D eigenvalue weighted by Crippen LogP contribution is -2.37. The number of likely N-dealkylation sites (tertiary alicyclic amines) is 1. The number of nitrogens with zero attached hydrogens (tertiary/aromatic N) is 3. The number of carbonyl (C=O) groups excluding carboxylic acids is 1. The molecule has 0 atom stereocenters. The van der Waals surface area contributed by atoms with E-state index < -0.39 is 0 Å². The fraction of sp³-hybridized carbons (Fsp3) is 0.444. The molecule has 0 saturated carbocycles. The van der Waals surface area contributed by atoms with E-state index in [1.165, 1.54) is 0 Å². The minimum atomic E-state index is -0.187. The Kier molecular flexibility index (Phi) is 5.60. The van der Waals surface area contributed by atoms with Crippen LogP contribution in [0.3, 0.4) is 0 Å². The molecule has 1 aliphatic rings. The summed E-state index contributed by atoms with van der Waals surface area (Å²) < 4.78 is 0. The van der Waals surface area contributed by atoms with Crippen LogP contribution in [0, 0.1) is 11.3 Å². The van der Waals surface area contributed by atoms with Crippen molar-refractivity contribution >= 4 is 5.91 Å². The van der Waals surface area contributed by atoms with Crippen molar-refractivity contribution in [2.24, 2.45) is 0 Å². The Balaban J connectivity index is 2.16. The van der Waals surface area contributed by atoms with Gasteiger partial charge in [-0.1, -0.05) is 30.3 Å². The van der Waals surface area contributed by atoms with E-state index in [0.717, 1.165) is 31.5 Å². The highest BCUT2D eigenvalue weighted by Gasteiger charge is 2.22. The van der Waals surface area contributed by atoms with Gasteiger partial charge in [-0.15, -0.1) is 0 Å². The average molecular weight is 297 g/mol. The minimum Gasteiger partial charge on any atom is -0.376 e. The van der Waals surface area contributed by atoms with Crippen LogP contribution in [0.4, 0.5) is 0 Å². The number of rotatable bonds is 5. The van der Waals surface area contributed by atoms with Crippen molar-refractivity contribution in [1.82, 2.24) is 9.80 Å². The van der Waals surface area contributed by atoms with E-state index in [1.54, 1.807) is 11.1 Å². The van der Waals surface area contributed by atoms with Gasteiger partial charge in [0.1, 0.15) is 11.6 Å². The van der Waals surface area contributed by atoms with E-state index in [9.17, 15) is 10.1 Å². The van der Waals surface area contributed by atoms with Crippen LogP contribution in [-0.4, -0.2) is 34.8 Å². The molecule has 1 aromatic carbocycles. The van der Waals surface area contributed by atoms with Crippen LogP contribution in [0.2, 0.25) is 0 Å². The highest BCUT2D eigenvalue weighted by Crippen LogP contribution is 2.15. The maximum Gasteiger partial charge on any atom is 0.266 e. The van der Waals surface area contributed by atoms with E-state index in [4.69, 9.17) is 0 Å². The fourth-order valence-corrected chi connectivity index (χ4v) is 2.61. The van der Waals surface area contributed by atoms with Gasteiger partial charge in [0, 0.05) is 31.9 Å². The third-order valence-corrected chi connectivity index (χ3v) is 3.88. The maximum absolute atomic E-state index is 12.7. The minimum absolute atomic E-state index is 0.0445. The average Bonchev–Trinajstić information content (AvgIpc) is 3.03. The summed E-state index contributed by atoms with van der Waals surface area (Å²) in [6, 6.07) is 12.0. The molecule has 1 saturated heterocycles. The van der Waals surface area contributed by atoms with Crippen LogP contribution in [0.5, 0.6) is 0 Å². The van der Waals surface area contributed by atoms with Crippen LogP contribution in [0.1, 0.15) is 32.3 Å². The molecule has 0 N–H and O–H groups in total. The Labute approximate surface area is 132 Å². The molecule has 2 rings (SSSR count). The highest BCUT2D eigenvalue weighted by molar-refractivity contribution is 5.97. The second-order valence-electron chi connectivity index (χ2n) is 5.91. The standard InChI is InChI=1S/C18H23N3O/c1-15(2)21(13-16-8-4-3-5-9-16)18(22)17(12-19)14-20-10-6-7-11-20/h3-5,8-9,14-15H,6-7,10-11,13H2,1-2H3/b17-14-. The molecule has 0 radical (unpaired) electrons. The van der Waals surface area contributed by atoms with Crippen LogP contribution < -0.4 is 0 Å². The summed E-state index contributed by atoms with van der Waals surface area (Å²) in [6.07, 6.45) is 3.98. The molecule has 22 heavy (non-hydrogen) atoms. The van der Waals surface area contributed by atoms with Gasteiger partial charge in [0.15, 0.2) is 0 Å². The van der Waals surface area contributed by atoms with E-state index in [-0.39, 0.29) is 17.5 Å². The largest absolute Gasteiger partial charge is 0.376 e. The molecular weight excluding hydrogens is 274 g/mol. The number of hydrogen-bond donors (Lipinski definition) is 0. The van der Waals surface area contributed by atoms with Crippen molar-refractivity contribution in [3.05, 3.63) is 47.7 Å². The zero-order chi connectivity index (χ0) is 15.9. The van der Waals surface area contributed by atoms with Crippen molar-refractivity contribution < 1.29 is 4.79 Å². The molecule has 0 unspecified atom stereocenters. The van der Waals surface area contributed by atoms with Crippen molar-refractivity contribution in [2.45, 2.75) is 39.3 Å². The molecule has 0 spiro atoms. The van der Waals surface area contributed by atoms with Crippen molar-refractivity contribution in [3.63, 3.8) is 0 Å². The van der Waals surface area contributed by atoms with Gasteiger partial charge in [-0.25, -0.2) is 0 Å². The maximum atomic E-state index is 12.7. The van der Waals surface area contributed by atoms with Gasteiger partial charge in [0.05, 0.1) is 0 Å². The molecule has 1 fully saturated rings. The molecule has 0 aliphatic carbocycles. The Bertz CT molecular complexity index is 566. The third-order valence-electron chi connectivity index (χ3n) is 3.88. The number of benzene rings is 1. The first-order valence-electron chi connectivity index (χ1n) is 7.82. The van der Waals surface area contributed by atoms with Gasteiger partial charge < -0.3 is 9.80 Å². The van der Waals surface area contributed by atoms with Gasteiger partial charge in [0.25, 0.3) is 5.91 Å². The highest BCUT2D eigenvalue weighted by atomic mass is 16.2. The molecule has 1 aliphatic heterocycles.